The number of aryl methyl sites for hydroxylation is 1. The van der Waals surface area contributed by atoms with Crippen LogP contribution in [0.3, 0.4) is 0 Å². The van der Waals surface area contributed by atoms with Gasteiger partial charge in [0, 0.05) is 23.9 Å². The molecule has 0 aromatic carbocycles. The van der Waals surface area contributed by atoms with Gasteiger partial charge < -0.3 is 9.64 Å². The molecule has 19 heavy (non-hydrogen) atoms. The van der Waals surface area contributed by atoms with E-state index in [1.165, 1.54) is 26.4 Å². The first-order valence-corrected chi connectivity index (χ1v) is 7.83. The zero-order valence-electron chi connectivity index (χ0n) is 11.9. The molecule has 1 aromatic rings. The van der Waals surface area contributed by atoms with E-state index < -0.39 is 0 Å². The number of anilines is 1. The van der Waals surface area contributed by atoms with E-state index in [9.17, 15) is 4.79 Å². The monoisotopic (exact) mass is 282 g/mol. The number of esters is 1. The lowest BCUT2D eigenvalue weighted by atomic mass is 10.2. The van der Waals surface area contributed by atoms with Crippen LogP contribution in [0.4, 0.5) is 5.13 Å². The Kier molecular flexibility index (Phi) is 4.80. The first-order valence-electron chi connectivity index (χ1n) is 6.95. The lowest BCUT2D eigenvalue weighted by Gasteiger charge is -2.27. The molecule has 0 amide bonds. The number of hydrogen-bond donors (Lipinski definition) is 0. The molecule has 1 aliphatic heterocycles. The number of nitrogens with zero attached hydrogens (tertiary/aromatic N) is 2. The summed E-state index contributed by atoms with van der Waals surface area (Å²) in [5.74, 6) is -0.171. The molecule has 4 nitrogen and oxygen atoms in total. The number of hydrogen-bond acceptors (Lipinski definition) is 5. The molecule has 2 rings (SSSR count). The van der Waals surface area contributed by atoms with Gasteiger partial charge in [0.25, 0.3) is 0 Å². The number of thiazole rings is 1. The quantitative estimate of drug-likeness (QED) is 0.779. The Morgan fingerprint density at radius 3 is 3.05 bits per heavy atom. The Bertz CT molecular complexity index is 433. The van der Waals surface area contributed by atoms with Gasteiger partial charge >= 0.3 is 5.97 Å². The van der Waals surface area contributed by atoms with Gasteiger partial charge in [-0.3, -0.25) is 4.79 Å². The number of aromatic nitrogens is 1. The number of methoxy groups -OCH3 is 1. The van der Waals surface area contributed by atoms with E-state index in [0.717, 1.165) is 10.8 Å². The second-order valence-electron chi connectivity index (χ2n) is 5.09. The highest BCUT2D eigenvalue weighted by atomic mass is 32.1. The second-order valence-corrected chi connectivity index (χ2v) is 5.93. The van der Waals surface area contributed by atoms with Gasteiger partial charge in [-0.15, -0.1) is 11.3 Å². The van der Waals surface area contributed by atoms with Gasteiger partial charge in [0.1, 0.15) is 0 Å². The van der Waals surface area contributed by atoms with Crippen molar-refractivity contribution in [2.45, 2.75) is 58.0 Å². The molecule has 2 heterocycles. The van der Waals surface area contributed by atoms with Crippen LogP contribution >= 0.6 is 11.3 Å². The molecule has 1 fully saturated rings. The van der Waals surface area contributed by atoms with Gasteiger partial charge in [0.15, 0.2) is 5.13 Å². The first kappa shape index (κ1) is 14.3. The molecule has 5 heteroatoms. The molecule has 0 bridgehead atoms. The summed E-state index contributed by atoms with van der Waals surface area (Å²) in [5, 5.41) is 3.17. The number of carbonyl (C=O) groups excluding carboxylic acids is 1. The van der Waals surface area contributed by atoms with Gasteiger partial charge in [0.2, 0.25) is 0 Å². The molecule has 2 unspecified atom stereocenters. The maximum Gasteiger partial charge on any atom is 0.305 e. The molecule has 0 saturated carbocycles. The Morgan fingerprint density at radius 1 is 1.58 bits per heavy atom. The van der Waals surface area contributed by atoms with Crippen molar-refractivity contribution in [1.82, 2.24) is 4.98 Å². The highest BCUT2D eigenvalue weighted by Crippen LogP contribution is 2.34. The predicted molar refractivity (Wildman–Crippen MR) is 77.7 cm³/mol. The van der Waals surface area contributed by atoms with Crippen molar-refractivity contribution in [3.63, 3.8) is 0 Å². The summed E-state index contributed by atoms with van der Waals surface area (Å²) in [6, 6.07) is 1.19. The molecule has 1 saturated heterocycles. The lowest BCUT2D eigenvalue weighted by molar-refractivity contribution is -0.140. The van der Waals surface area contributed by atoms with Gasteiger partial charge in [-0.25, -0.2) is 4.98 Å². The summed E-state index contributed by atoms with van der Waals surface area (Å²) in [5.41, 5.74) is 0.999. The van der Waals surface area contributed by atoms with E-state index in [1.807, 2.05) is 0 Å². The maximum atomic E-state index is 11.1. The molecule has 0 spiro atoms. The Morgan fingerprint density at radius 2 is 2.37 bits per heavy atom. The fourth-order valence-corrected chi connectivity index (χ4v) is 3.71. The first-order chi connectivity index (χ1) is 9.15. The second kappa shape index (κ2) is 6.37. The number of ether oxygens (including phenoxy) is 1. The summed E-state index contributed by atoms with van der Waals surface area (Å²) in [6.45, 7) is 4.51. The minimum Gasteiger partial charge on any atom is -0.469 e. The highest BCUT2D eigenvalue weighted by Gasteiger charge is 2.31. The molecule has 0 radical (unpaired) electrons. The molecule has 106 valence electrons. The predicted octanol–water partition coefficient (Wildman–Crippen LogP) is 3.02. The van der Waals surface area contributed by atoms with Crippen molar-refractivity contribution in [3.05, 3.63) is 11.1 Å². The average molecular weight is 282 g/mol. The summed E-state index contributed by atoms with van der Waals surface area (Å²) >= 11 is 1.69. The fourth-order valence-electron chi connectivity index (χ4n) is 2.68. The third-order valence-electron chi connectivity index (χ3n) is 3.83. The summed E-state index contributed by atoms with van der Waals surface area (Å²) in [6.07, 6.45) is 4.75. The van der Waals surface area contributed by atoms with Gasteiger partial charge in [-0.05, 0) is 26.2 Å². The normalized spacial score (nSPS) is 22.8. The molecular weight excluding hydrogens is 260 g/mol. The van der Waals surface area contributed by atoms with Crippen LogP contribution in [0.5, 0.6) is 0 Å². The average Bonchev–Trinajstić information content (AvgIpc) is 3.01. The van der Waals surface area contributed by atoms with Crippen LogP contribution in [0.1, 0.15) is 45.2 Å². The fraction of sp³-hybridized carbons (Fsp3) is 0.714. The van der Waals surface area contributed by atoms with E-state index in [2.05, 4.69) is 33.8 Å². The van der Waals surface area contributed by atoms with Gasteiger partial charge in [0.05, 0.1) is 19.2 Å². The van der Waals surface area contributed by atoms with E-state index in [4.69, 9.17) is 0 Å². The summed E-state index contributed by atoms with van der Waals surface area (Å²) in [4.78, 5) is 18.3. The van der Waals surface area contributed by atoms with Crippen LogP contribution in [0, 0.1) is 0 Å². The Balaban J connectivity index is 2.01. The van der Waals surface area contributed by atoms with Crippen LogP contribution in [0.2, 0.25) is 0 Å². The molecular formula is C14H22N2O2S. The van der Waals surface area contributed by atoms with Crippen molar-refractivity contribution in [2.24, 2.45) is 0 Å². The van der Waals surface area contributed by atoms with Crippen LogP contribution in [-0.2, 0) is 16.0 Å². The van der Waals surface area contributed by atoms with Crippen molar-refractivity contribution < 1.29 is 9.53 Å². The zero-order valence-corrected chi connectivity index (χ0v) is 12.7. The van der Waals surface area contributed by atoms with Crippen LogP contribution in [0.15, 0.2) is 5.38 Å². The van der Waals surface area contributed by atoms with Gasteiger partial charge in [-0.1, -0.05) is 6.92 Å². The Labute approximate surface area is 118 Å². The maximum absolute atomic E-state index is 11.1. The molecule has 0 N–H and O–H groups in total. The van der Waals surface area contributed by atoms with Crippen molar-refractivity contribution in [3.8, 4) is 0 Å². The van der Waals surface area contributed by atoms with Crippen LogP contribution in [0.25, 0.3) is 0 Å². The smallest absolute Gasteiger partial charge is 0.305 e. The van der Waals surface area contributed by atoms with Crippen LogP contribution < -0.4 is 4.90 Å². The lowest BCUT2D eigenvalue weighted by Crippen LogP contribution is -2.33. The highest BCUT2D eigenvalue weighted by molar-refractivity contribution is 7.13. The minimum absolute atomic E-state index is 0.171. The van der Waals surface area contributed by atoms with E-state index in [1.54, 1.807) is 11.3 Å². The van der Waals surface area contributed by atoms with Crippen LogP contribution in [-0.4, -0.2) is 30.1 Å². The number of rotatable bonds is 5. The summed E-state index contributed by atoms with van der Waals surface area (Å²) < 4.78 is 4.66. The molecule has 1 aromatic heterocycles. The summed E-state index contributed by atoms with van der Waals surface area (Å²) in [7, 11) is 1.42. The standard InChI is InChI=1S/C14H22N2O2S/c1-4-12-7-5-10(2)16(12)14-15-11(9-19-14)6-8-13(17)18-3/h9-10,12H,4-8H2,1-3H3. The largest absolute Gasteiger partial charge is 0.469 e. The zero-order chi connectivity index (χ0) is 13.8. The van der Waals surface area contributed by atoms with Gasteiger partial charge in [-0.2, -0.15) is 0 Å². The van der Waals surface area contributed by atoms with E-state index >= 15 is 0 Å². The molecule has 2 atom stereocenters. The minimum atomic E-state index is -0.171. The third kappa shape index (κ3) is 3.26. The molecule has 0 aliphatic carbocycles. The molecule has 1 aliphatic rings. The Hall–Kier alpha value is -1.10. The third-order valence-corrected chi connectivity index (χ3v) is 4.73. The number of carbonyl (C=O) groups is 1. The van der Waals surface area contributed by atoms with Crippen molar-refractivity contribution >= 4 is 22.4 Å². The topological polar surface area (TPSA) is 42.4 Å². The van der Waals surface area contributed by atoms with E-state index in [0.29, 0.717) is 24.9 Å². The van der Waals surface area contributed by atoms with Crippen molar-refractivity contribution in [2.75, 3.05) is 12.0 Å². The SMILES string of the molecule is CCC1CCC(C)N1c1nc(CCC(=O)OC)cs1. The van der Waals surface area contributed by atoms with E-state index in [-0.39, 0.29) is 5.97 Å². The van der Waals surface area contributed by atoms with Crippen molar-refractivity contribution in [1.29, 1.82) is 0 Å².